The van der Waals surface area contributed by atoms with Gasteiger partial charge in [-0.1, -0.05) is 12.1 Å². The number of carbonyl (C=O) groups is 1. The highest BCUT2D eigenvalue weighted by atomic mass is 19.1. The number of nitrogens with zero attached hydrogens (tertiary/aromatic N) is 1. The first-order valence-electron chi connectivity index (χ1n) is 8.56. The smallest absolute Gasteiger partial charge is 0.227 e. The number of methoxy groups -OCH3 is 1. The van der Waals surface area contributed by atoms with Crippen LogP contribution < -0.4 is 10.1 Å². The van der Waals surface area contributed by atoms with Crippen molar-refractivity contribution >= 4 is 5.91 Å². The molecular formula is C20H23FN2O2. The molecule has 0 radical (unpaired) electrons. The number of carbonyl (C=O) groups excluding carboxylic acids is 1. The molecule has 0 saturated heterocycles. The molecule has 132 valence electrons. The third-order valence-corrected chi connectivity index (χ3v) is 4.72. The number of benzene rings is 1. The van der Waals surface area contributed by atoms with Gasteiger partial charge in [-0.2, -0.15) is 0 Å². The molecule has 4 nitrogen and oxygen atoms in total. The average Bonchev–Trinajstić information content (AvgIpc) is 3.46. The van der Waals surface area contributed by atoms with E-state index in [0.29, 0.717) is 23.9 Å². The Morgan fingerprint density at radius 1 is 1.40 bits per heavy atom. The van der Waals surface area contributed by atoms with E-state index in [1.54, 1.807) is 26.2 Å². The van der Waals surface area contributed by atoms with Gasteiger partial charge in [0.1, 0.15) is 5.82 Å². The Bertz CT molecular complexity index is 787. The number of hydrogen-bond acceptors (Lipinski definition) is 3. The van der Waals surface area contributed by atoms with Crippen LogP contribution in [0.3, 0.4) is 0 Å². The van der Waals surface area contributed by atoms with Crippen molar-refractivity contribution in [2.45, 2.75) is 45.1 Å². The molecule has 25 heavy (non-hydrogen) atoms. The van der Waals surface area contributed by atoms with Crippen LogP contribution in [0.25, 0.3) is 0 Å². The molecule has 1 atom stereocenters. The summed E-state index contributed by atoms with van der Waals surface area (Å²) in [6.45, 7) is 3.88. The number of pyridine rings is 1. The van der Waals surface area contributed by atoms with Crippen molar-refractivity contribution in [3.05, 3.63) is 58.5 Å². The number of halogens is 1. The Labute approximate surface area is 147 Å². The summed E-state index contributed by atoms with van der Waals surface area (Å²) in [4.78, 5) is 16.8. The van der Waals surface area contributed by atoms with E-state index in [9.17, 15) is 9.18 Å². The normalized spacial score (nSPS) is 14.9. The zero-order valence-electron chi connectivity index (χ0n) is 14.8. The van der Waals surface area contributed by atoms with Crippen LogP contribution in [0.1, 0.15) is 53.9 Å². The van der Waals surface area contributed by atoms with E-state index < -0.39 is 0 Å². The molecule has 5 heteroatoms. The van der Waals surface area contributed by atoms with Crippen molar-refractivity contribution in [3.8, 4) is 5.88 Å². The lowest BCUT2D eigenvalue weighted by Gasteiger charge is -2.15. The second-order valence-electron chi connectivity index (χ2n) is 6.66. The third-order valence-electron chi connectivity index (χ3n) is 4.72. The molecule has 0 bridgehead atoms. The van der Waals surface area contributed by atoms with E-state index in [1.807, 2.05) is 13.1 Å². The fourth-order valence-electron chi connectivity index (χ4n) is 2.89. The maximum Gasteiger partial charge on any atom is 0.227 e. The minimum absolute atomic E-state index is 0.107. The van der Waals surface area contributed by atoms with Crippen molar-refractivity contribution in [1.82, 2.24) is 10.3 Å². The third kappa shape index (κ3) is 3.98. The summed E-state index contributed by atoms with van der Waals surface area (Å²) >= 11 is 0. The molecule has 1 aliphatic carbocycles. The van der Waals surface area contributed by atoms with Gasteiger partial charge in [0.2, 0.25) is 11.8 Å². The summed E-state index contributed by atoms with van der Waals surface area (Å²) in [5.41, 5.74) is 3.42. The Balaban J connectivity index is 1.68. The number of hydrogen-bond donors (Lipinski definition) is 1. The Hall–Kier alpha value is -2.43. The molecule has 1 aromatic carbocycles. The van der Waals surface area contributed by atoms with Gasteiger partial charge >= 0.3 is 0 Å². The van der Waals surface area contributed by atoms with E-state index in [0.717, 1.165) is 11.1 Å². The maximum absolute atomic E-state index is 13.4. The molecule has 1 N–H and O–H groups in total. The quantitative estimate of drug-likeness (QED) is 0.868. The molecule has 0 spiro atoms. The highest BCUT2D eigenvalue weighted by molar-refractivity contribution is 5.83. The van der Waals surface area contributed by atoms with Gasteiger partial charge in [0.25, 0.3) is 0 Å². The topological polar surface area (TPSA) is 51.2 Å². The highest BCUT2D eigenvalue weighted by Gasteiger charge is 2.25. The second-order valence-corrected chi connectivity index (χ2v) is 6.66. The lowest BCUT2D eigenvalue weighted by atomic mass is 9.98. The summed E-state index contributed by atoms with van der Waals surface area (Å²) in [7, 11) is 1.58. The van der Waals surface area contributed by atoms with Crippen LogP contribution >= 0.6 is 0 Å². The van der Waals surface area contributed by atoms with Crippen LogP contribution in [0.15, 0.2) is 30.5 Å². The Morgan fingerprint density at radius 3 is 2.80 bits per heavy atom. The summed E-state index contributed by atoms with van der Waals surface area (Å²) in [5.74, 6) is 0.405. The number of amides is 1. The van der Waals surface area contributed by atoms with Gasteiger partial charge in [0.05, 0.1) is 13.0 Å². The van der Waals surface area contributed by atoms with Gasteiger partial charge in [-0.25, -0.2) is 9.37 Å². The fourth-order valence-corrected chi connectivity index (χ4v) is 2.89. The van der Waals surface area contributed by atoms with Crippen LogP contribution in [-0.2, 0) is 11.3 Å². The van der Waals surface area contributed by atoms with E-state index in [1.165, 1.54) is 24.5 Å². The summed E-state index contributed by atoms with van der Waals surface area (Å²) < 4.78 is 18.7. The molecule has 1 saturated carbocycles. The van der Waals surface area contributed by atoms with Gasteiger partial charge in [0.15, 0.2) is 0 Å². The van der Waals surface area contributed by atoms with Crippen LogP contribution in [0.5, 0.6) is 5.88 Å². The molecular weight excluding hydrogens is 319 g/mol. The first-order chi connectivity index (χ1) is 12.0. The zero-order valence-corrected chi connectivity index (χ0v) is 14.8. The minimum Gasteiger partial charge on any atom is -0.481 e. The van der Waals surface area contributed by atoms with E-state index >= 15 is 0 Å². The minimum atomic E-state index is -0.357. The summed E-state index contributed by atoms with van der Waals surface area (Å²) in [6.07, 6.45) is 4.24. The van der Waals surface area contributed by atoms with Crippen LogP contribution in [0, 0.1) is 12.7 Å². The maximum atomic E-state index is 13.4. The fraction of sp³-hybridized carbons (Fsp3) is 0.400. The van der Waals surface area contributed by atoms with Gasteiger partial charge < -0.3 is 10.1 Å². The largest absolute Gasteiger partial charge is 0.481 e. The first kappa shape index (κ1) is 17.4. The average molecular weight is 342 g/mol. The van der Waals surface area contributed by atoms with E-state index in [4.69, 9.17) is 4.74 Å². The Kier molecular flexibility index (Phi) is 5.02. The molecule has 3 rings (SSSR count). The van der Waals surface area contributed by atoms with Crippen LogP contribution in [-0.4, -0.2) is 18.0 Å². The zero-order chi connectivity index (χ0) is 18.0. The molecule has 2 aromatic rings. The van der Waals surface area contributed by atoms with Crippen molar-refractivity contribution in [2.75, 3.05) is 7.11 Å². The summed E-state index contributed by atoms with van der Waals surface area (Å²) in [5, 5.41) is 2.94. The lowest BCUT2D eigenvalue weighted by molar-refractivity contribution is -0.122. The highest BCUT2D eigenvalue weighted by Crippen LogP contribution is 2.40. The van der Waals surface area contributed by atoms with Gasteiger partial charge in [-0.05, 0) is 61.4 Å². The molecule has 1 fully saturated rings. The Morgan fingerprint density at radius 2 is 2.16 bits per heavy atom. The first-order valence-corrected chi connectivity index (χ1v) is 8.56. The van der Waals surface area contributed by atoms with Gasteiger partial charge in [-0.3, -0.25) is 4.79 Å². The van der Waals surface area contributed by atoms with Gasteiger partial charge in [-0.15, -0.1) is 0 Å². The number of nitrogens with one attached hydrogen (secondary N) is 1. The molecule has 1 aliphatic rings. The number of ether oxygens (including phenoxy) is 1. The number of aromatic nitrogens is 1. The second kappa shape index (κ2) is 7.21. The molecule has 1 amide bonds. The van der Waals surface area contributed by atoms with Crippen molar-refractivity contribution < 1.29 is 13.9 Å². The molecule has 1 heterocycles. The summed E-state index contributed by atoms with van der Waals surface area (Å²) in [6, 6.07) is 6.84. The monoisotopic (exact) mass is 342 g/mol. The van der Waals surface area contributed by atoms with Crippen LogP contribution in [0.4, 0.5) is 4.39 Å². The predicted octanol–water partition coefficient (Wildman–Crippen LogP) is 3.84. The van der Waals surface area contributed by atoms with Crippen molar-refractivity contribution in [3.63, 3.8) is 0 Å². The number of aryl methyl sites for hydroxylation is 1. The van der Waals surface area contributed by atoms with E-state index in [-0.39, 0.29) is 17.6 Å². The standard InChI is InChI=1S/C20H23FN2O2/c1-12-8-15(6-7-18(12)21)13(2)19(24)22-11-17-9-16(14-4-5-14)10-23-20(17)25-3/h6-10,13-14H,4-5,11H2,1-3H3,(H,22,24)/t13-/m0/s1. The SMILES string of the molecule is COc1ncc(C2CC2)cc1CNC(=O)[C@@H](C)c1ccc(F)c(C)c1. The molecule has 1 aromatic heterocycles. The van der Waals surface area contributed by atoms with Crippen molar-refractivity contribution in [1.29, 1.82) is 0 Å². The molecule has 0 aliphatic heterocycles. The lowest BCUT2D eigenvalue weighted by Crippen LogP contribution is -2.28. The van der Waals surface area contributed by atoms with Crippen LogP contribution in [0.2, 0.25) is 0 Å². The number of rotatable bonds is 6. The van der Waals surface area contributed by atoms with Gasteiger partial charge in [0, 0.05) is 18.3 Å². The van der Waals surface area contributed by atoms with Crippen molar-refractivity contribution in [2.24, 2.45) is 0 Å². The molecule has 0 unspecified atom stereocenters. The van der Waals surface area contributed by atoms with E-state index in [2.05, 4.69) is 16.4 Å². The predicted molar refractivity (Wildman–Crippen MR) is 94.2 cm³/mol.